The van der Waals surface area contributed by atoms with Crippen LogP contribution in [0.1, 0.15) is 11.1 Å². The Kier molecular flexibility index (Phi) is 6.56. The summed E-state index contributed by atoms with van der Waals surface area (Å²) in [6.45, 7) is 7.64. The van der Waals surface area contributed by atoms with Gasteiger partial charge in [-0.25, -0.2) is 4.85 Å². The van der Waals surface area contributed by atoms with E-state index < -0.39 is 0 Å². The van der Waals surface area contributed by atoms with E-state index in [4.69, 9.17) is 6.57 Å². The molecule has 0 aliphatic rings. The molecule has 0 saturated carbocycles. The third-order valence-corrected chi connectivity index (χ3v) is 9.58. The van der Waals surface area contributed by atoms with Crippen LogP contribution in [0.5, 0.6) is 0 Å². The first kappa shape index (κ1) is 28.8. The minimum absolute atomic E-state index is 0.592. The molecule has 9 aromatic rings. The van der Waals surface area contributed by atoms with Gasteiger partial charge in [-0.2, -0.15) is 10.5 Å². The molecule has 0 unspecified atom stereocenters. The number of rotatable bonds is 4. The van der Waals surface area contributed by atoms with E-state index in [0.29, 0.717) is 16.8 Å². The molecule has 0 aliphatic carbocycles. The fourth-order valence-corrected chi connectivity index (χ4v) is 7.39. The van der Waals surface area contributed by atoms with E-state index in [9.17, 15) is 10.5 Å². The van der Waals surface area contributed by atoms with Crippen LogP contribution in [-0.4, -0.2) is 9.13 Å². The summed E-state index contributed by atoms with van der Waals surface area (Å²) in [6, 6.07) is 55.6. The normalized spacial score (nSPS) is 11.1. The second-order valence-corrected chi connectivity index (χ2v) is 12.3. The number of para-hydroxylation sites is 2. The molecule has 230 valence electrons. The summed E-state index contributed by atoms with van der Waals surface area (Å²) < 4.78 is 4.46. The van der Waals surface area contributed by atoms with E-state index in [1.165, 1.54) is 0 Å². The van der Waals surface area contributed by atoms with Gasteiger partial charge in [-0.3, -0.25) is 0 Å². The summed E-state index contributed by atoms with van der Waals surface area (Å²) in [4.78, 5) is 3.70. The van der Waals surface area contributed by atoms with Crippen molar-refractivity contribution in [2.75, 3.05) is 0 Å². The molecule has 0 fully saturated rings. The molecule has 0 spiro atoms. The van der Waals surface area contributed by atoms with Gasteiger partial charge in [0, 0.05) is 38.7 Å². The number of aromatic nitrogens is 2. The second kappa shape index (κ2) is 11.4. The minimum Gasteiger partial charge on any atom is -0.309 e. The van der Waals surface area contributed by atoms with E-state index in [2.05, 4.69) is 80.7 Å². The lowest BCUT2D eigenvalue weighted by Gasteiger charge is -2.17. The van der Waals surface area contributed by atoms with Gasteiger partial charge in [0.25, 0.3) is 0 Å². The van der Waals surface area contributed by atoms with Gasteiger partial charge in [0.2, 0.25) is 0 Å². The third kappa shape index (κ3) is 4.38. The zero-order valence-corrected chi connectivity index (χ0v) is 26.7. The van der Waals surface area contributed by atoms with Crippen LogP contribution in [0.2, 0.25) is 0 Å². The predicted molar refractivity (Wildman–Crippen MR) is 202 cm³/mol. The molecule has 7 aromatic carbocycles. The molecule has 5 heteroatoms. The highest BCUT2D eigenvalue weighted by molar-refractivity contribution is 6.11. The van der Waals surface area contributed by atoms with Gasteiger partial charge < -0.3 is 9.13 Å². The highest BCUT2D eigenvalue weighted by Gasteiger charge is 2.20. The van der Waals surface area contributed by atoms with Gasteiger partial charge in [-0.1, -0.05) is 84.9 Å². The van der Waals surface area contributed by atoms with Crippen molar-refractivity contribution in [3.8, 4) is 45.8 Å². The van der Waals surface area contributed by atoms with E-state index in [-0.39, 0.29) is 0 Å². The molecule has 9 rings (SSSR count). The maximum Gasteiger partial charge on any atom is 0.188 e. The molecule has 0 saturated heterocycles. The van der Waals surface area contributed by atoms with Crippen molar-refractivity contribution in [3.63, 3.8) is 0 Å². The monoisotopic (exact) mass is 635 g/mol. The average Bonchev–Trinajstić information content (AvgIpc) is 3.70. The molecule has 0 aliphatic heterocycles. The molecule has 0 radical (unpaired) electrons. The maximum atomic E-state index is 10.8. The van der Waals surface area contributed by atoms with Crippen molar-refractivity contribution >= 4 is 49.3 Å². The Balaban J connectivity index is 1.34. The fourth-order valence-electron chi connectivity index (χ4n) is 7.39. The van der Waals surface area contributed by atoms with Gasteiger partial charge >= 0.3 is 0 Å². The molecule has 0 atom stereocenters. The molecule has 0 N–H and O–H groups in total. The average molecular weight is 636 g/mol. The molecule has 2 heterocycles. The first-order valence-electron chi connectivity index (χ1n) is 16.3. The van der Waals surface area contributed by atoms with Crippen LogP contribution in [-0.2, 0) is 0 Å². The predicted octanol–water partition coefficient (Wildman–Crippen LogP) is 11.5. The van der Waals surface area contributed by atoms with Gasteiger partial charge in [-0.15, -0.1) is 0 Å². The highest BCUT2D eigenvalue weighted by Crippen LogP contribution is 2.40. The van der Waals surface area contributed by atoms with Crippen molar-refractivity contribution in [1.82, 2.24) is 9.13 Å². The third-order valence-electron chi connectivity index (χ3n) is 9.58. The molecule has 0 amide bonds. The van der Waals surface area contributed by atoms with Gasteiger partial charge in [0.1, 0.15) is 6.07 Å². The summed E-state index contributed by atoms with van der Waals surface area (Å²) in [5.74, 6) is 0. The summed E-state index contributed by atoms with van der Waals surface area (Å²) in [6.07, 6.45) is 0. The number of nitrogens with zero attached hydrogens (tertiary/aromatic N) is 5. The molecule has 5 nitrogen and oxygen atoms in total. The van der Waals surface area contributed by atoms with Crippen LogP contribution in [0.3, 0.4) is 0 Å². The van der Waals surface area contributed by atoms with Crippen LogP contribution in [0, 0.1) is 29.2 Å². The Morgan fingerprint density at radius 3 is 1.72 bits per heavy atom. The SMILES string of the molecule is [C-]#[N+]c1ccc2c(c1)c1ccccc1n2-c1cc(-c2ccccc2)c(C#N)c(-c2cccc(-n3c4ccccc4c4cc(C#N)ccc43)c2)c1. The number of benzene rings is 7. The van der Waals surface area contributed by atoms with Gasteiger partial charge in [0.05, 0.1) is 45.8 Å². The number of nitriles is 2. The smallest absolute Gasteiger partial charge is 0.188 e. The molecular formula is C45H25N5. The second-order valence-electron chi connectivity index (χ2n) is 12.3. The van der Waals surface area contributed by atoms with Crippen molar-refractivity contribution in [2.24, 2.45) is 0 Å². The van der Waals surface area contributed by atoms with Crippen LogP contribution >= 0.6 is 0 Å². The van der Waals surface area contributed by atoms with Crippen molar-refractivity contribution in [2.45, 2.75) is 0 Å². The lowest BCUT2D eigenvalue weighted by Crippen LogP contribution is -2.00. The van der Waals surface area contributed by atoms with E-state index in [0.717, 1.165) is 77.2 Å². The topological polar surface area (TPSA) is 61.8 Å². The zero-order valence-electron chi connectivity index (χ0n) is 26.7. The highest BCUT2D eigenvalue weighted by atomic mass is 15.0. The van der Waals surface area contributed by atoms with E-state index >= 15 is 0 Å². The van der Waals surface area contributed by atoms with Crippen molar-refractivity contribution < 1.29 is 0 Å². The fraction of sp³-hybridized carbons (Fsp3) is 0. The van der Waals surface area contributed by atoms with Crippen LogP contribution in [0.25, 0.3) is 82.1 Å². The summed E-state index contributed by atoms with van der Waals surface area (Å²) in [5, 5.41) is 24.6. The lowest BCUT2D eigenvalue weighted by molar-refractivity contribution is 1.17. The first-order chi connectivity index (χ1) is 24.7. The van der Waals surface area contributed by atoms with Crippen molar-refractivity contribution in [3.05, 3.63) is 174 Å². The van der Waals surface area contributed by atoms with E-state index in [1.54, 1.807) is 0 Å². The van der Waals surface area contributed by atoms with Gasteiger partial charge in [-0.05, 0) is 83.2 Å². The molecular weight excluding hydrogens is 611 g/mol. The van der Waals surface area contributed by atoms with Crippen LogP contribution < -0.4 is 0 Å². The Labute approximate surface area is 288 Å². The molecule has 50 heavy (non-hydrogen) atoms. The lowest BCUT2D eigenvalue weighted by atomic mass is 9.91. The molecule has 2 aromatic heterocycles. The summed E-state index contributed by atoms with van der Waals surface area (Å²) in [7, 11) is 0. The Morgan fingerprint density at radius 2 is 1.04 bits per heavy atom. The maximum absolute atomic E-state index is 10.8. The summed E-state index contributed by atoms with van der Waals surface area (Å²) in [5.41, 5.74) is 11.3. The largest absolute Gasteiger partial charge is 0.309 e. The van der Waals surface area contributed by atoms with E-state index in [1.807, 2.05) is 97.1 Å². The van der Waals surface area contributed by atoms with Gasteiger partial charge in [0.15, 0.2) is 5.69 Å². The Morgan fingerprint density at radius 1 is 0.460 bits per heavy atom. The minimum atomic E-state index is 0.592. The van der Waals surface area contributed by atoms with Crippen molar-refractivity contribution in [1.29, 1.82) is 10.5 Å². The number of fused-ring (bicyclic) bond motifs is 6. The standard InChI is InChI=1S/C45H25N5/c1-48-32-19-21-45-40(24-32)36-15-6-8-17-43(36)50(45)34-25-37(30-10-3-2-4-11-30)41(28-47)38(26-34)31-12-9-13-33(23-31)49-42-16-7-5-14-35(42)39-22-29(27-46)18-20-44(39)49/h2-26H. The Hall–Kier alpha value is -7.39. The molecule has 0 bridgehead atoms. The Bertz CT molecular complexity index is 2960. The van der Waals surface area contributed by atoms with Crippen LogP contribution in [0.4, 0.5) is 5.69 Å². The summed E-state index contributed by atoms with van der Waals surface area (Å²) >= 11 is 0. The quantitative estimate of drug-likeness (QED) is 0.181. The first-order valence-corrected chi connectivity index (χ1v) is 16.3. The number of hydrogen-bond donors (Lipinski definition) is 0. The number of hydrogen-bond acceptors (Lipinski definition) is 2. The van der Waals surface area contributed by atoms with Crippen LogP contribution in [0.15, 0.2) is 152 Å². The zero-order chi connectivity index (χ0) is 33.8.